The zero-order valence-electron chi connectivity index (χ0n) is 15.4. The third kappa shape index (κ3) is 11.7. The lowest BCUT2D eigenvalue weighted by Gasteiger charge is -2.19. The normalized spacial score (nSPS) is 11.7. The van der Waals surface area contributed by atoms with Gasteiger partial charge in [0.25, 0.3) is 0 Å². The van der Waals surface area contributed by atoms with Gasteiger partial charge in [0.15, 0.2) is 0 Å². The second kappa shape index (κ2) is 13.6. The van der Waals surface area contributed by atoms with Crippen LogP contribution in [-0.2, 0) is 19.1 Å². The summed E-state index contributed by atoms with van der Waals surface area (Å²) in [4.78, 5) is 35.4. The molecule has 0 aliphatic carbocycles. The van der Waals surface area contributed by atoms with E-state index in [4.69, 9.17) is 9.47 Å². The first-order valence-electron chi connectivity index (χ1n) is 8.77. The minimum absolute atomic E-state index is 0.202. The summed E-state index contributed by atoms with van der Waals surface area (Å²) in [6, 6.07) is -0.734. The third-order valence-corrected chi connectivity index (χ3v) is 3.21. The average Bonchev–Trinajstić information content (AvgIpc) is 2.52. The summed E-state index contributed by atoms with van der Waals surface area (Å²) < 4.78 is 9.99. The van der Waals surface area contributed by atoms with Gasteiger partial charge in [-0.15, -0.1) is 0 Å². The van der Waals surface area contributed by atoms with Crippen molar-refractivity contribution < 1.29 is 23.9 Å². The number of hydrogen-bond acceptors (Lipinski definition) is 5. The van der Waals surface area contributed by atoms with Crippen LogP contribution in [0.4, 0.5) is 4.79 Å². The second-order valence-electron chi connectivity index (χ2n) is 6.11. The van der Waals surface area contributed by atoms with Gasteiger partial charge in [-0.05, 0) is 25.2 Å². The lowest BCUT2D eigenvalue weighted by Crippen LogP contribution is -2.48. The van der Waals surface area contributed by atoms with Crippen LogP contribution in [0.2, 0.25) is 0 Å². The fraction of sp³-hybridized carbons (Fsp3) is 0.824. The van der Waals surface area contributed by atoms with Gasteiger partial charge >= 0.3 is 12.1 Å². The molecule has 0 radical (unpaired) electrons. The summed E-state index contributed by atoms with van der Waals surface area (Å²) in [5.41, 5.74) is 0. The summed E-state index contributed by atoms with van der Waals surface area (Å²) in [6.45, 7) is 8.36. The molecule has 0 fully saturated rings. The highest BCUT2D eigenvalue weighted by Crippen LogP contribution is 2.05. The Morgan fingerprint density at radius 1 is 0.958 bits per heavy atom. The van der Waals surface area contributed by atoms with Crippen molar-refractivity contribution in [2.75, 3.05) is 19.8 Å². The number of esters is 1. The minimum atomic E-state index is -0.734. The molecule has 0 aliphatic rings. The molecule has 24 heavy (non-hydrogen) atoms. The van der Waals surface area contributed by atoms with Gasteiger partial charge in [-0.2, -0.15) is 0 Å². The quantitative estimate of drug-likeness (QED) is 0.419. The van der Waals surface area contributed by atoms with Gasteiger partial charge in [0.1, 0.15) is 12.6 Å². The number of nitrogens with one attached hydrogen (secondary N) is 2. The van der Waals surface area contributed by atoms with Gasteiger partial charge in [0, 0.05) is 0 Å². The summed E-state index contributed by atoms with van der Waals surface area (Å²) in [5.74, 6) is -0.692. The maximum atomic E-state index is 12.2. The Balaban J connectivity index is 4.33. The van der Waals surface area contributed by atoms with Crippen molar-refractivity contribution >= 4 is 18.0 Å². The zero-order valence-corrected chi connectivity index (χ0v) is 15.4. The Morgan fingerprint density at radius 2 is 1.54 bits per heavy atom. The van der Waals surface area contributed by atoms with Crippen molar-refractivity contribution in [3.8, 4) is 0 Å². The minimum Gasteiger partial charge on any atom is -0.464 e. The molecule has 7 nitrogen and oxygen atoms in total. The summed E-state index contributed by atoms with van der Waals surface area (Å²) >= 11 is 0. The third-order valence-electron chi connectivity index (χ3n) is 3.21. The zero-order chi connectivity index (χ0) is 18.4. The Hall–Kier alpha value is -1.79. The average molecular weight is 344 g/mol. The molecule has 0 aromatic heterocycles. The molecule has 7 heteroatoms. The van der Waals surface area contributed by atoms with Gasteiger partial charge in [0.2, 0.25) is 5.91 Å². The highest BCUT2D eigenvalue weighted by molar-refractivity contribution is 5.88. The molecule has 140 valence electrons. The molecule has 0 saturated carbocycles. The predicted molar refractivity (Wildman–Crippen MR) is 91.5 cm³/mol. The van der Waals surface area contributed by atoms with E-state index in [1.807, 2.05) is 27.7 Å². The molecule has 0 spiro atoms. The Morgan fingerprint density at radius 3 is 2.08 bits per heavy atom. The van der Waals surface area contributed by atoms with Crippen LogP contribution in [0.1, 0.15) is 59.8 Å². The van der Waals surface area contributed by atoms with Crippen LogP contribution in [-0.4, -0.2) is 43.8 Å². The lowest BCUT2D eigenvalue weighted by molar-refractivity contribution is -0.144. The Kier molecular flexibility index (Phi) is 12.6. The molecule has 1 unspecified atom stereocenters. The Bertz CT molecular complexity index is 385. The van der Waals surface area contributed by atoms with Gasteiger partial charge in [-0.1, -0.05) is 40.5 Å². The topological polar surface area (TPSA) is 93.7 Å². The Labute approximate surface area is 144 Å². The van der Waals surface area contributed by atoms with E-state index in [0.29, 0.717) is 19.6 Å². The smallest absolute Gasteiger partial charge is 0.407 e. The van der Waals surface area contributed by atoms with E-state index in [9.17, 15) is 14.4 Å². The second-order valence-corrected chi connectivity index (χ2v) is 6.11. The maximum Gasteiger partial charge on any atom is 0.407 e. The van der Waals surface area contributed by atoms with Crippen molar-refractivity contribution in [2.24, 2.45) is 5.92 Å². The maximum absolute atomic E-state index is 12.2. The fourth-order valence-electron chi connectivity index (χ4n) is 1.86. The molecule has 0 aromatic rings. The summed E-state index contributed by atoms with van der Waals surface area (Å²) in [5, 5.41) is 5.06. The summed E-state index contributed by atoms with van der Waals surface area (Å²) in [6.07, 6.45) is 3.26. The number of unbranched alkanes of at least 4 members (excludes halogenated alkanes) is 2. The number of alkyl carbamates (subject to hydrolysis) is 1. The molecule has 0 aliphatic heterocycles. The molecule has 1 atom stereocenters. The molecule has 0 saturated heterocycles. The number of amides is 2. The summed E-state index contributed by atoms with van der Waals surface area (Å²) in [7, 11) is 0. The first kappa shape index (κ1) is 22.2. The van der Waals surface area contributed by atoms with E-state index in [2.05, 4.69) is 10.6 Å². The number of carbonyl (C=O) groups excluding carboxylic acids is 3. The number of rotatable bonds is 12. The lowest BCUT2D eigenvalue weighted by atomic mass is 10.0. The first-order valence-corrected chi connectivity index (χ1v) is 8.77. The molecular formula is C17H32N2O5. The van der Waals surface area contributed by atoms with E-state index in [1.54, 1.807) is 0 Å². The van der Waals surface area contributed by atoms with E-state index >= 15 is 0 Å². The van der Waals surface area contributed by atoms with Crippen LogP contribution in [0.3, 0.4) is 0 Å². The van der Waals surface area contributed by atoms with Gasteiger partial charge in [-0.3, -0.25) is 9.59 Å². The van der Waals surface area contributed by atoms with E-state index in [1.165, 1.54) is 0 Å². The van der Waals surface area contributed by atoms with Crippen molar-refractivity contribution in [3.63, 3.8) is 0 Å². The standard InChI is InChI=1S/C17H32N2O5/c1-5-7-9-23-15(20)12-18-16(21)14(11-13(3)4)19-17(22)24-10-8-6-2/h13-14H,5-12H2,1-4H3,(H,18,21)(H,19,22). The molecule has 0 heterocycles. The van der Waals surface area contributed by atoms with E-state index in [0.717, 1.165) is 25.7 Å². The molecule has 0 bridgehead atoms. The number of hydrogen-bond donors (Lipinski definition) is 2. The predicted octanol–water partition coefficient (Wildman–Crippen LogP) is 2.39. The van der Waals surface area contributed by atoms with Crippen LogP contribution >= 0.6 is 0 Å². The SMILES string of the molecule is CCCCOC(=O)CNC(=O)C(CC(C)C)NC(=O)OCCCC. The van der Waals surface area contributed by atoms with Crippen molar-refractivity contribution in [1.29, 1.82) is 0 Å². The number of ether oxygens (including phenoxy) is 2. The fourth-order valence-corrected chi connectivity index (χ4v) is 1.86. The number of carbonyl (C=O) groups is 3. The van der Waals surface area contributed by atoms with Crippen molar-refractivity contribution in [1.82, 2.24) is 10.6 Å². The molecule has 2 N–H and O–H groups in total. The molecule has 0 rings (SSSR count). The highest BCUT2D eigenvalue weighted by atomic mass is 16.5. The van der Waals surface area contributed by atoms with Crippen LogP contribution in [0.15, 0.2) is 0 Å². The first-order chi connectivity index (χ1) is 11.4. The molecular weight excluding hydrogens is 312 g/mol. The van der Waals surface area contributed by atoms with Crippen LogP contribution in [0.25, 0.3) is 0 Å². The van der Waals surface area contributed by atoms with Gasteiger partial charge in [0.05, 0.1) is 13.2 Å². The van der Waals surface area contributed by atoms with Crippen LogP contribution in [0.5, 0.6) is 0 Å². The van der Waals surface area contributed by atoms with Gasteiger partial charge in [-0.25, -0.2) is 4.79 Å². The molecule has 2 amide bonds. The van der Waals surface area contributed by atoms with E-state index < -0.39 is 24.0 Å². The van der Waals surface area contributed by atoms with Crippen LogP contribution < -0.4 is 10.6 Å². The monoisotopic (exact) mass is 344 g/mol. The largest absolute Gasteiger partial charge is 0.464 e. The molecule has 0 aromatic carbocycles. The highest BCUT2D eigenvalue weighted by Gasteiger charge is 2.23. The van der Waals surface area contributed by atoms with Crippen molar-refractivity contribution in [2.45, 2.75) is 65.8 Å². The van der Waals surface area contributed by atoms with Gasteiger partial charge < -0.3 is 20.1 Å². The van der Waals surface area contributed by atoms with Crippen LogP contribution in [0, 0.1) is 5.92 Å². The van der Waals surface area contributed by atoms with E-state index in [-0.39, 0.29) is 12.5 Å². The van der Waals surface area contributed by atoms with Crippen molar-refractivity contribution in [3.05, 3.63) is 0 Å².